The van der Waals surface area contributed by atoms with Gasteiger partial charge in [-0.15, -0.1) is 0 Å². The van der Waals surface area contributed by atoms with Gasteiger partial charge < -0.3 is 24.8 Å². The number of hydrogen-bond donors (Lipinski definition) is 0. The third kappa shape index (κ3) is 8.33. The van der Waals surface area contributed by atoms with E-state index < -0.39 is 21.3 Å². The molecular formula is C52H58Cl2Zr. The molecule has 284 valence electrons. The molecule has 1 atom stereocenters. The molecule has 3 heteroatoms. The first-order valence-corrected chi connectivity index (χ1v) is 23.5. The van der Waals surface area contributed by atoms with Crippen LogP contribution in [0.25, 0.3) is 33.4 Å². The zero-order valence-electron chi connectivity index (χ0n) is 35.0. The van der Waals surface area contributed by atoms with Gasteiger partial charge in [0.15, 0.2) is 0 Å². The van der Waals surface area contributed by atoms with Crippen molar-refractivity contribution in [2.75, 3.05) is 0 Å². The normalized spacial score (nSPS) is 15.6. The number of fused-ring (bicyclic) bond motifs is 3. The molecule has 7 rings (SSSR count). The molecule has 0 amide bonds. The summed E-state index contributed by atoms with van der Waals surface area (Å²) in [4.78, 5) is 0. The molecule has 1 unspecified atom stereocenters. The number of benzene rings is 5. The van der Waals surface area contributed by atoms with Crippen LogP contribution in [0.15, 0.2) is 130 Å². The topological polar surface area (TPSA) is 0 Å². The van der Waals surface area contributed by atoms with Gasteiger partial charge in [-0.05, 0) is 0 Å². The van der Waals surface area contributed by atoms with E-state index in [4.69, 9.17) is 0 Å². The van der Waals surface area contributed by atoms with E-state index in [0.29, 0.717) is 9.54 Å². The molecule has 0 aliphatic heterocycles. The van der Waals surface area contributed by atoms with Crippen molar-refractivity contribution in [3.63, 3.8) is 0 Å². The fourth-order valence-corrected chi connectivity index (χ4v) is 17.7. The molecule has 0 bridgehead atoms. The average molecular weight is 845 g/mol. The van der Waals surface area contributed by atoms with Gasteiger partial charge in [-0.25, -0.2) is 0 Å². The first-order valence-electron chi connectivity index (χ1n) is 19.6. The maximum absolute atomic E-state index is 2.82. The predicted molar refractivity (Wildman–Crippen MR) is 228 cm³/mol. The summed E-state index contributed by atoms with van der Waals surface area (Å²) in [6.07, 6.45) is 5.25. The van der Waals surface area contributed by atoms with E-state index in [1.165, 1.54) is 72.3 Å². The smallest absolute Gasteiger partial charge is 1.00 e. The Balaban J connectivity index is 0.00000290. The maximum atomic E-state index is 2.66. The molecule has 55 heavy (non-hydrogen) atoms. The minimum atomic E-state index is -2.82. The summed E-state index contributed by atoms with van der Waals surface area (Å²) in [6.45, 7) is 28.6. The number of hydrogen-bond acceptors (Lipinski definition) is 0. The van der Waals surface area contributed by atoms with Crippen molar-refractivity contribution in [3.8, 4) is 33.4 Å². The van der Waals surface area contributed by atoms with Crippen molar-refractivity contribution in [3.05, 3.63) is 164 Å². The van der Waals surface area contributed by atoms with Crippen LogP contribution in [0.5, 0.6) is 0 Å². The van der Waals surface area contributed by atoms with Crippen molar-refractivity contribution in [1.82, 2.24) is 0 Å². The van der Waals surface area contributed by atoms with Crippen molar-refractivity contribution < 1.29 is 46.1 Å². The van der Waals surface area contributed by atoms with E-state index in [1.54, 1.807) is 6.49 Å². The Bertz CT molecular complexity index is 2180. The zero-order chi connectivity index (χ0) is 38.0. The largest absolute Gasteiger partial charge is 1.00 e. The van der Waals surface area contributed by atoms with E-state index >= 15 is 0 Å². The van der Waals surface area contributed by atoms with Crippen LogP contribution < -0.4 is 24.8 Å². The van der Waals surface area contributed by atoms with E-state index in [9.17, 15) is 0 Å². The van der Waals surface area contributed by atoms with Gasteiger partial charge in [-0.3, -0.25) is 0 Å². The Morgan fingerprint density at radius 1 is 0.545 bits per heavy atom. The van der Waals surface area contributed by atoms with Crippen molar-refractivity contribution in [2.24, 2.45) is 11.3 Å². The Morgan fingerprint density at radius 3 is 1.36 bits per heavy atom. The van der Waals surface area contributed by atoms with Crippen LogP contribution in [0, 0.1) is 18.3 Å². The Hall–Kier alpha value is -3.09. The molecule has 5 aromatic rings. The molecule has 2 aliphatic rings. The van der Waals surface area contributed by atoms with Gasteiger partial charge in [0.05, 0.1) is 0 Å². The number of allylic oxidation sites excluding steroid dienone is 4. The van der Waals surface area contributed by atoms with E-state index in [2.05, 4.69) is 204 Å². The molecular weight excluding hydrogens is 787 g/mol. The van der Waals surface area contributed by atoms with Crippen LogP contribution in [0.1, 0.15) is 113 Å². The summed E-state index contributed by atoms with van der Waals surface area (Å²) >= 11 is -2.82. The van der Waals surface area contributed by atoms with Crippen molar-refractivity contribution in [1.29, 1.82) is 0 Å². The molecule has 5 aromatic carbocycles. The number of halogens is 2. The number of rotatable bonds is 5. The van der Waals surface area contributed by atoms with Gasteiger partial charge in [0.1, 0.15) is 0 Å². The van der Waals surface area contributed by atoms with E-state index in [0.717, 1.165) is 0 Å². The molecule has 0 saturated heterocycles. The quantitative estimate of drug-likeness (QED) is 0.167. The van der Waals surface area contributed by atoms with Crippen LogP contribution in [-0.4, -0.2) is 3.21 Å². The Kier molecular flexibility index (Phi) is 12.6. The average Bonchev–Trinajstić information content (AvgIpc) is 3.65. The first-order chi connectivity index (χ1) is 24.9. The molecule has 0 radical (unpaired) electrons. The second-order valence-electron chi connectivity index (χ2n) is 18.8. The summed E-state index contributed by atoms with van der Waals surface area (Å²) in [7, 11) is 0. The third-order valence-corrected chi connectivity index (χ3v) is 20.3. The minimum Gasteiger partial charge on any atom is -1.00 e. The predicted octanol–water partition coefficient (Wildman–Crippen LogP) is 8.37. The standard InChI is InChI=1S/C33H33.C10H15.C9H10.2ClH.Zr/c1-32(2,3)30-20-26-24(18-28(30)22-13-9-7-10-14-22)17-25-19-29(23-15-11-8-12-16-23)31(21-27(25)26)33(4,5)6;1-8-5-6-9(7-8)10(2,3)4;1-3-9-6-4-8(2)5-7-9;;;/h7-21H,1-6H3;6-8H,1-4H3;4-7H,1-2H3;2*1H;/q;;;;;+2/p-2. The Morgan fingerprint density at radius 2 is 0.982 bits per heavy atom. The summed E-state index contributed by atoms with van der Waals surface area (Å²) in [6, 6.07) is 42.3. The van der Waals surface area contributed by atoms with E-state index in [-0.39, 0.29) is 41.1 Å². The zero-order valence-corrected chi connectivity index (χ0v) is 38.9. The molecule has 2 aliphatic carbocycles. The fraction of sp³-hybridized carbons (Fsp3) is 0.327. The van der Waals surface area contributed by atoms with Crippen LogP contribution >= 0.6 is 0 Å². The van der Waals surface area contributed by atoms with Crippen LogP contribution in [0.2, 0.25) is 0 Å². The second-order valence-corrected chi connectivity index (χ2v) is 25.5. The number of aryl methyl sites for hydroxylation is 1. The summed E-state index contributed by atoms with van der Waals surface area (Å²) in [5.41, 5.74) is 18.5. The van der Waals surface area contributed by atoms with Gasteiger partial charge in [0, 0.05) is 0 Å². The molecule has 0 N–H and O–H groups in total. The van der Waals surface area contributed by atoms with E-state index in [1.807, 2.05) is 0 Å². The summed E-state index contributed by atoms with van der Waals surface area (Å²) in [5, 5.41) is 0. The Labute approximate surface area is 352 Å². The van der Waals surface area contributed by atoms with Gasteiger partial charge in [0.2, 0.25) is 0 Å². The first kappa shape index (κ1) is 43.0. The molecule has 0 heterocycles. The van der Waals surface area contributed by atoms with Crippen LogP contribution in [0.3, 0.4) is 0 Å². The van der Waals surface area contributed by atoms with Gasteiger partial charge in [-0.1, -0.05) is 0 Å². The monoisotopic (exact) mass is 842 g/mol. The van der Waals surface area contributed by atoms with Crippen LogP contribution in [0.4, 0.5) is 0 Å². The van der Waals surface area contributed by atoms with Gasteiger partial charge in [-0.2, -0.15) is 0 Å². The fourth-order valence-electron chi connectivity index (χ4n) is 8.66. The molecule has 0 aromatic heterocycles. The van der Waals surface area contributed by atoms with Crippen molar-refractivity contribution >= 4 is 3.21 Å². The van der Waals surface area contributed by atoms with Crippen LogP contribution in [-0.2, 0) is 32.1 Å². The maximum Gasteiger partial charge on any atom is -1.00 e. The van der Waals surface area contributed by atoms with Crippen molar-refractivity contribution in [2.45, 2.75) is 97.5 Å². The molecule has 0 fully saturated rings. The SMILES string of the molecule is C/[C](c1ccc(C)cc1)=[Zr+2](/[C]1=CC(C(C)(C)C)=CC1C)[CH]1c2cc(-c3ccccc3)c(C(C)(C)C)cc2-c2cc(C(C)(C)C)c(-c3ccccc3)cc21.[Cl-].[Cl-]. The van der Waals surface area contributed by atoms with Gasteiger partial charge in [0.25, 0.3) is 0 Å². The molecule has 0 nitrogen and oxygen atoms in total. The molecule has 0 spiro atoms. The van der Waals surface area contributed by atoms with Gasteiger partial charge >= 0.3 is 330 Å². The summed E-state index contributed by atoms with van der Waals surface area (Å²) < 4.78 is 3.71. The second kappa shape index (κ2) is 16.0. The minimum absolute atomic E-state index is 0. The summed E-state index contributed by atoms with van der Waals surface area (Å²) in [5.74, 6) is 0.427. The molecule has 0 saturated carbocycles. The third-order valence-electron chi connectivity index (χ3n) is 11.7.